The van der Waals surface area contributed by atoms with Gasteiger partial charge >= 0.3 is 0 Å². The fraction of sp³-hybridized carbons (Fsp3) is 0.192. The van der Waals surface area contributed by atoms with Gasteiger partial charge in [-0.1, -0.05) is 48.5 Å². The molecule has 0 bridgehead atoms. The molecule has 0 radical (unpaired) electrons. The van der Waals surface area contributed by atoms with Crippen LogP contribution in [-0.2, 0) is 12.8 Å². The van der Waals surface area contributed by atoms with Gasteiger partial charge in [0.05, 0.1) is 7.11 Å². The number of aldehydes is 1. The van der Waals surface area contributed by atoms with Gasteiger partial charge in [0.1, 0.15) is 6.29 Å². The minimum atomic E-state index is 0.0399. The molecule has 4 aromatic rings. The number of phenols is 1. The topological polar surface area (TPSA) is 46.5 Å². The number of carbonyl (C=O) groups is 1. The summed E-state index contributed by atoms with van der Waals surface area (Å²) in [5.74, 6) is 0.354. The van der Waals surface area contributed by atoms with Crippen LogP contribution in [0.5, 0.6) is 11.5 Å². The molecule has 0 unspecified atom stereocenters. The first-order valence-electron chi connectivity index (χ1n) is 9.95. The number of ether oxygens (including phenoxy) is 1. The van der Waals surface area contributed by atoms with Crippen LogP contribution in [0.3, 0.4) is 0 Å². The molecule has 0 atom stereocenters. The molecule has 0 spiro atoms. The summed E-state index contributed by atoms with van der Waals surface area (Å²) in [6.07, 6.45) is 5.91. The number of rotatable bonds is 2. The lowest BCUT2D eigenvalue weighted by Crippen LogP contribution is -2.02. The third kappa shape index (κ3) is 3.81. The Balaban J connectivity index is 0.000000161. The molecule has 0 saturated carbocycles. The van der Waals surface area contributed by atoms with Crippen molar-refractivity contribution in [1.29, 1.82) is 0 Å². The maximum atomic E-state index is 10.2. The lowest BCUT2D eigenvalue weighted by Gasteiger charge is -2.18. The van der Waals surface area contributed by atoms with E-state index in [0.717, 1.165) is 0 Å². The number of aryl methyl sites for hydroxylation is 2. The van der Waals surface area contributed by atoms with Gasteiger partial charge in [-0.05, 0) is 76.6 Å². The monoisotopic (exact) mass is 384 g/mol. The van der Waals surface area contributed by atoms with E-state index in [-0.39, 0.29) is 5.75 Å². The van der Waals surface area contributed by atoms with E-state index in [9.17, 15) is 4.79 Å². The highest BCUT2D eigenvalue weighted by atomic mass is 16.5. The van der Waals surface area contributed by atoms with Crippen molar-refractivity contribution in [2.24, 2.45) is 0 Å². The molecule has 146 valence electrons. The quantitative estimate of drug-likeness (QED) is 0.336. The summed E-state index contributed by atoms with van der Waals surface area (Å²) in [5.41, 5.74) is 3.66. The predicted octanol–water partition coefficient (Wildman–Crippen LogP) is 6.09. The Hall–Kier alpha value is -3.33. The van der Waals surface area contributed by atoms with E-state index in [1.54, 1.807) is 11.1 Å². The number of phenolic OH excluding ortho intramolecular Hbond substituents is 1. The second kappa shape index (κ2) is 8.36. The largest absolute Gasteiger partial charge is 0.504 e. The van der Waals surface area contributed by atoms with Crippen molar-refractivity contribution in [1.82, 2.24) is 0 Å². The molecule has 0 aromatic heterocycles. The smallest absolute Gasteiger partial charge is 0.161 e. The van der Waals surface area contributed by atoms with E-state index in [1.165, 1.54) is 72.5 Å². The molecule has 0 fully saturated rings. The van der Waals surface area contributed by atoms with E-state index in [0.29, 0.717) is 17.6 Å². The number of methoxy groups -OCH3 is 1. The zero-order valence-corrected chi connectivity index (χ0v) is 16.5. The Morgan fingerprint density at radius 1 is 0.862 bits per heavy atom. The van der Waals surface area contributed by atoms with Gasteiger partial charge in [0.2, 0.25) is 0 Å². The van der Waals surface area contributed by atoms with E-state index >= 15 is 0 Å². The molecule has 3 nitrogen and oxygen atoms in total. The molecule has 0 saturated heterocycles. The van der Waals surface area contributed by atoms with Gasteiger partial charge in [-0.25, -0.2) is 0 Å². The standard InChI is InChI=1S/C18H16.C8H8O3/c1-3-7-15-13(5-1)9-11-18-16-8-4-2-6-14(16)10-12-17(15)18;1-11-8-4-6(5-9)2-3-7(8)10/h1,3,5,7,9-12H,2,4,6,8H2;2-5,10H,1H3. The summed E-state index contributed by atoms with van der Waals surface area (Å²) in [6, 6.07) is 22.4. The molecule has 0 heterocycles. The van der Waals surface area contributed by atoms with Gasteiger partial charge in [0.15, 0.2) is 11.5 Å². The summed E-state index contributed by atoms with van der Waals surface area (Å²) < 4.78 is 4.78. The van der Waals surface area contributed by atoms with Gasteiger partial charge in [-0.3, -0.25) is 4.79 Å². The molecule has 1 aliphatic carbocycles. The molecule has 29 heavy (non-hydrogen) atoms. The average molecular weight is 384 g/mol. The second-order valence-electron chi connectivity index (χ2n) is 7.34. The predicted molar refractivity (Wildman–Crippen MR) is 118 cm³/mol. The molecule has 3 heteroatoms. The Kier molecular flexibility index (Phi) is 5.48. The van der Waals surface area contributed by atoms with Crippen molar-refractivity contribution in [3.8, 4) is 11.5 Å². The lowest BCUT2D eigenvalue weighted by atomic mass is 9.86. The Morgan fingerprint density at radius 3 is 2.48 bits per heavy atom. The van der Waals surface area contributed by atoms with E-state index < -0.39 is 0 Å². The lowest BCUT2D eigenvalue weighted by molar-refractivity contribution is 0.112. The van der Waals surface area contributed by atoms with Crippen LogP contribution in [0.2, 0.25) is 0 Å². The highest BCUT2D eigenvalue weighted by molar-refractivity contribution is 6.08. The van der Waals surface area contributed by atoms with Crippen molar-refractivity contribution in [2.75, 3.05) is 7.11 Å². The highest BCUT2D eigenvalue weighted by Crippen LogP contribution is 2.33. The zero-order valence-electron chi connectivity index (χ0n) is 16.5. The second-order valence-corrected chi connectivity index (χ2v) is 7.34. The van der Waals surface area contributed by atoms with Crippen LogP contribution in [0.25, 0.3) is 21.5 Å². The number of aromatic hydroxyl groups is 1. The average Bonchev–Trinajstić information content (AvgIpc) is 2.79. The van der Waals surface area contributed by atoms with Crippen molar-refractivity contribution in [3.63, 3.8) is 0 Å². The van der Waals surface area contributed by atoms with Crippen molar-refractivity contribution >= 4 is 27.8 Å². The first-order chi connectivity index (χ1) is 14.2. The minimum Gasteiger partial charge on any atom is -0.504 e. The summed E-state index contributed by atoms with van der Waals surface area (Å²) >= 11 is 0. The van der Waals surface area contributed by atoms with Crippen LogP contribution in [0.15, 0.2) is 66.7 Å². The van der Waals surface area contributed by atoms with Crippen molar-refractivity contribution < 1.29 is 14.6 Å². The fourth-order valence-corrected chi connectivity index (χ4v) is 4.11. The van der Waals surface area contributed by atoms with Gasteiger partial charge in [-0.15, -0.1) is 0 Å². The molecule has 1 aliphatic rings. The SMILES string of the molecule is COc1cc(C=O)ccc1O.c1ccc2c(c1)ccc1c3c(ccc12)CCCC3. The van der Waals surface area contributed by atoms with Crippen LogP contribution >= 0.6 is 0 Å². The molecule has 1 N–H and O–H groups in total. The summed E-state index contributed by atoms with van der Waals surface area (Å²) in [7, 11) is 1.43. The van der Waals surface area contributed by atoms with Gasteiger partial charge < -0.3 is 9.84 Å². The first-order valence-corrected chi connectivity index (χ1v) is 9.95. The van der Waals surface area contributed by atoms with E-state index in [4.69, 9.17) is 9.84 Å². The highest BCUT2D eigenvalue weighted by Gasteiger charge is 2.13. The number of hydrogen-bond donors (Lipinski definition) is 1. The van der Waals surface area contributed by atoms with Crippen LogP contribution in [-0.4, -0.2) is 18.5 Å². The van der Waals surface area contributed by atoms with Gasteiger partial charge in [0.25, 0.3) is 0 Å². The third-order valence-electron chi connectivity index (χ3n) is 5.60. The number of fused-ring (bicyclic) bond motifs is 5. The number of carbonyl (C=O) groups excluding carboxylic acids is 1. The molecule has 0 aliphatic heterocycles. The first kappa shape index (κ1) is 19.0. The molecule has 4 aromatic carbocycles. The maximum absolute atomic E-state index is 10.2. The van der Waals surface area contributed by atoms with Crippen molar-refractivity contribution in [2.45, 2.75) is 25.7 Å². The van der Waals surface area contributed by atoms with E-state index in [1.807, 2.05) is 0 Å². The number of hydrogen-bond acceptors (Lipinski definition) is 3. The summed E-state index contributed by atoms with van der Waals surface area (Å²) in [4.78, 5) is 10.2. The number of benzene rings is 4. The summed E-state index contributed by atoms with van der Waals surface area (Å²) in [5, 5.41) is 14.7. The fourth-order valence-electron chi connectivity index (χ4n) is 4.11. The third-order valence-corrected chi connectivity index (χ3v) is 5.60. The van der Waals surface area contributed by atoms with Crippen LogP contribution < -0.4 is 4.74 Å². The Morgan fingerprint density at radius 2 is 1.66 bits per heavy atom. The van der Waals surface area contributed by atoms with Crippen LogP contribution in [0, 0.1) is 0 Å². The van der Waals surface area contributed by atoms with Crippen LogP contribution in [0.1, 0.15) is 34.3 Å². The molecule has 0 amide bonds. The van der Waals surface area contributed by atoms with Gasteiger partial charge in [0, 0.05) is 5.56 Å². The van der Waals surface area contributed by atoms with Crippen LogP contribution in [0.4, 0.5) is 0 Å². The molecular weight excluding hydrogens is 360 g/mol. The van der Waals surface area contributed by atoms with Gasteiger partial charge in [-0.2, -0.15) is 0 Å². The Labute approximate surface area is 170 Å². The molecular formula is C26H24O3. The van der Waals surface area contributed by atoms with E-state index in [2.05, 4.69) is 48.5 Å². The zero-order chi connectivity index (χ0) is 20.2. The minimum absolute atomic E-state index is 0.0399. The normalized spacial score (nSPS) is 12.7. The summed E-state index contributed by atoms with van der Waals surface area (Å²) in [6.45, 7) is 0. The van der Waals surface area contributed by atoms with Crippen molar-refractivity contribution in [3.05, 3.63) is 83.4 Å². The Bertz CT molecular complexity index is 1180. The molecule has 5 rings (SSSR count). The maximum Gasteiger partial charge on any atom is 0.161 e.